The number of hydrogen-bond acceptors (Lipinski definition) is 7. The molecule has 0 bridgehead atoms. The normalized spacial score (nSPS) is 13.5. The van der Waals surface area contributed by atoms with E-state index in [1.165, 1.54) is 109 Å². The molecule has 0 aromatic carbocycles. The van der Waals surface area contributed by atoms with E-state index in [1.54, 1.807) is 6.92 Å². The van der Waals surface area contributed by atoms with Gasteiger partial charge in [0.05, 0.1) is 13.2 Å². The van der Waals surface area contributed by atoms with Crippen LogP contribution in [0.15, 0.2) is 12.2 Å². The summed E-state index contributed by atoms with van der Waals surface area (Å²) in [6.45, 7) is 5.47. The standard InChI is InChI=1S/C39H75O8P/c1-4-7-9-11-13-15-17-19-20-22-24-26-28-30-32-34-39(41)47-37(36-46-48(42,43)45-6-3)35-44-38(40)33-31-29-27-25-23-21-18-16-14-12-10-8-5-2/h19-20,37H,4-18,21-36H2,1-3H3,(H,42,43)/b20-19+/t37-/m1/s1. The van der Waals surface area contributed by atoms with Gasteiger partial charge in [0.15, 0.2) is 6.10 Å². The summed E-state index contributed by atoms with van der Waals surface area (Å²) in [6.07, 6.45) is 35.4. The van der Waals surface area contributed by atoms with Gasteiger partial charge in [0, 0.05) is 12.8 Å². The topological polar surface area (TPSA) is 108 Å². The number of esters is 2. The van der Waals surface area contributed by atoms with Gasteiger partial charge in [-0.3, -0.25) is 18.6 Å². The molecule has 0 aromatic heterocycles. The molecule has 0 radical (unpaired) electrons. The minimum absolute atomic E-state index is 0.00181. The smallest absolute Gasteiger partial charge is 0.462 e. The van der Waals surface area contributed by atoms with Crippen LogP contribution in [0.4, 0.5) is 0 Å². The van der Waals surface area contributed by atoms with Crippen molar-refractivity contribution in [2.24, 2.45) is 0 Å². The Kier molecular flexibility index (Phi) is 34.7. The summed E-state index contributed by atoms with van der Waals surface area (Å²) in [7, 11) is -4.27. The molecule has 0 aliphatic rings. The molecule has 0 rings (SSSR count). The van der Waals surface area contributed by atoms with Crippen molar-refractivity contribution < 1.29 is 37.6 Å². The number of rotatable bonds is 37. The molecule has 0 aromatic rings. The second kappa shape index (κ2) is 35.6. The fraction of sp³-hybridized carbons (Fsp3) is 0.897. The Labute approximate surface area is 295 Å². The minimum Gasteiger partial charge on any atom is -0.462 e. The van der Waals surface area contributed by atoms with Crippen molar-refractivity contribution in [1.29, 1.82) is 0 Å². The van der Waals surface area contributed by atoms with E-state index < -0.39 is 26.5 Å². The fourth-order valence-electron chi connectivity index (χ4n) is 5.62. The van der Waals surface area contributed by atoms with Crippen LogP contribution in [0.2, 0.25) is 0 Å². The van der Waals surface area contributed by atoms with Gasteiger partial charge in [-0.15, -0.1) is 0 Å². The maximum absolute atomic E-state index is 12.5. The lowest BCUT2D eigenvalue weighted by Crippen LogP contribution is -2.29. The van der Waals surface area contributed by atoms with Gasteiger partial charge in [0.1, 0.15) is 6.61 Å². The van der Waals surface area contributed by atoms with Crippen molar-refractivity contribution >= 4 is 19.8 Å². The van der Waals surface area contributed by atoms with E-state index in [2.05, 4.69) is 26.0 Å². The maximum Gasteiger partial charge on any atom is 0.472 e. The molecule has 0 fully saturated rings. The number of hydrogen-bond donors (Lipinski definition) is 1. The lowest BCUT2D eigenvalue weighted by molar-refractivity contribution is -0.161. The summed E-state index contributed by atoms with van der Waals surface area (Å²) >= 11 is 0. The number of phosphoric acid groups is 1. The highest BCUT2D eigenvalue weighted by atomic mass is 31.2. The zero-order valence-electron chi connectivity index (χ0n) is 31.4. The van der Waals surface area contributed by atoms with Crippen LogP contribution in [0.1, 0.15) is 201 Å². The molecular weight excluding hydrogens is 627 g/mol. The van der Waals surface area contributed by atoms with Gasteiger partial charge in [-0.2, -0.15) is 0 Å². The molecule has 284 valence electrons. The highest BCUT2D eigenvalue weighted by Crippen LogP contribution is 2.43. The quantitative estimate of drug-likeness (QED) is 0.0295. The summed E-state index contributed by atoms with van der Waals surface area (Å²) in [5.74, 6) is -0.800. The van der Waals surface area contributed by atoms with Crippen molar-refractivity contribution in [3.63, 3.8) is 0 Å². The fourth-order valence-corrected chi connectivity index (χ4v) is 6.38. The van der Waals surface area contributed by atoms with Gasteiger partial charge in [-0.05, 0) is 45.4 Å². The molecule has 0 amide bonds. The van der Waals surface area contributed by atoms with Crippen LogP contribution in [-0.2, 0) is 32.7 Å². The SMILES string of the molecule is CCCCCCCC/C=C/CCCCCCCC(=O)O[C@H](COC(=O)CCCCCCCCCCCCCCC)COP(=O)(O)OCC. The zero-order chi connectivity index (χ0) is 35.4. The molecule has 0 saturated heterocycles. The summed E-state index contributed by atoms with van der Waals surface area (Å²) in [4.78, 5) is 34.6. The van der Waals surface area contributed by atoms with E-state index in [9.17, 15) is 19.0 Å². The third kappa shape index (κ3) is 34.6. The molecule has 9 heteroatoms. The highest BCUT2D eigenvalue weighted by Gasteiger charge is 2.25. The third-order valence-corrected chi connectivity index (χ3v) is 9.63. The van der Waals surface area contributed by atoms with E-state index in [-0.39, 0.29) is 25.6 Å². The van der Waals surface area contributed by atoms with E-state index in [1.807, 2.05) is 0 Å². The molecular formula is C39H75O8P. The van der Waals surface area contributed by atoms with Crippen LogP contribution in [0.5, 0.6) is 0 Å². The second-order valence-corrected chi connectivity index (χ2v) is 14.8. The van der Waals surface area contributed by atoms with Crippen LogP contribution in [0.25, 0.3) is 0 Å². The van der Waals surface area contributed by atoms with E-state index in [0.717, 1.165) is 51.4 Å². The Bertz CT molecular complexity index is 803. The Hall–Kier alpha value is -1.21. The molecule has 1 unspecified atom stereocenters. The number of ether oxygens (including phenoxy) is 2. The first-order chi connectivity index (χ1) is 23.3. The van der Waals surface area contributed by atoms with Gasteiger partial charge in [-0.1, -0.05) is 154 Å². The van der Waals surface area contributed by atoms with Crippen LogP contribution in [0.3, 0.4) is 0 Å². The van der Waals surface area contributed by atoms with Crippen LogP contribution in [-0.4, -0.2) is 42.8 Å². The lowest BCUT2D eigenvalue weighted by Gasteiger charge is -2.19. The third-order valence-electron chi connectivity index (χ3n) is 8.57. The summed E-state index contributed by atoms with van der Waals surface area (Å²) in [5, 5.41) is 0. The number of carbonyl (C=O) groups excluding carboxylic acids is 2. The van der Waals surface area contributed by atoms with Crippen LogP contribution < -0.4 is 0 Å². The maximum atomic E-state index is 12.5. The van der Waals surface area contributed by atoms with Gasteiger partial charge < -0.3 is 14.4 Å². The number of allylic oxidation sites excluding steroid dienone is 2. The Morgan fingerprint density at radius 1 is 0.542 bits per heavy atom. The molecule has 0 aliphatic carbocycles. The first-order valence-corrected chi connectivity index (χ1v) is 21.5. The largest absolute Gasteiger partial charge is 0.472 e. The molecule has 0 heterocycles. The first kappa shape index (κ1) is 46.8. The van der Waals surface area contributed by atoms with Crippen molar-refractivity contribution in [1.82, 2.24) is 0 Å². The van der Waals surface area contributed by atoms with Crippen LogP contribution in [0, 0.1) is 0 Å². The average Bonchev–Trinajstić information content (AvgIpc) is 3.06. The van der Waals surface area contributed by atoms with E-state index in [0.29, 0.717) is 12.8 Å². The summed E-state index contributed by atoms with van der Waals surface area (Å²) < 4.78 is 32.5. The second-order valence-electron chi connectivity index (χ2n) is 13.3. The summed E-state index contributed by atoms with van der Waals surface area (Å²) in [5.41, 5.74) is 0. The molecule has 8 nitrogen and oxygen atoms in total. The Morgan fingerprint density at radius 2 is 0.938 bits per heavy atom. The molecule has 0 spiro atoms. The van der Waals surface area contributed by atoms with Crippen molar-refractivity contribution in [2.45, 2.75) is 207 Å². The molecule has 0 aliphatic heterocycles. The minimum atomic E-state index is -4.27. The Balaban J connectivity index is 4.12. The predicted molar refractivity (Wildman–Crippen MR) is 198 cm³/mol. The van der Waals surface area contributed by atoms with E-state index in [4.69, 9.17) is 18.5 Å². The van der Waals surface area contributed by atoms with Crippen LogP contribution >= 0.6 is 7.82 Å². The lowest BCUT2D eigenvalue weighted by atomic mass is 10.0. The first-order valence-electron chi connectivity index (χ1n) is 20.0. The van der Waals surface area contributed by atoms with Gasteiger partial charge >= 0.3 is 19.8 Å². The molecule has 1 N–H and O–H groups in total. The highest BCUT2D eigenvalue weighted by molar-refractivity contribution is 7.47. The summed E-state index contributed by atoms with van der Waals surface area (Å²) in [6, 6.07) is 0. The van der Waals surface area contributed by atoms with Gasteiger partial charge in [0.25, 0.3) is 0 Å². The predicted octanol–water partition coefficient (Wildman–Crippen LogP) is 12.1. The van der Waals surface area contributed by atoms with Crippen molar-refractivity contribution in [3.8, 4) is 0 Å². The molecule has 2 atom stereocenters. The molecule has 48 heavy (non-hydrogen) atoms. The zero-order valence-corrected chi connectivity index (χ0v) is 32.3. The number of carbonyl (C=O) groups is 2. The molecule has 0 saturated carbocycles. The monoisotopic (exact) mass is 703 g/mol. The average molecular weight is 703 g/mol. The van der Waals surface area contributed by atoms with E-state index >= 15 is 0 Å². The van der Waals surface area contributed by atoms with Crippen molar-refractivity contribution in [2.75, 3.05) is 19.8 Å². The Morgan fingerprint density at radius 3 is 1.38 bits per heavy atom. The van der Waals surface area contributed by atoms with Crippen molar-refractivity contribution in [3.05, 3.63) is 12.2 Å². The number of phosphoric ester groups is 1. The number of unbranched alkanes of at least 4 members (excludes halogenated alkanes) is 23. The van der Waals surface area contributed by atoms with Gasteiger partial charge in [-0.25, -0.2) is 4.57 Å². The van der Waals surface area contributed by atoms with Gasteiger partial charge in [0.2, 0.25) is 0 Å².